The Kier molecular flexibility index (Phi) is 9.91. The van der Waals surface area contributed by atoms with Crippen LogP contribution in [0.4, 0.5) is 28.8 Å². The minimum absolute atomic E-state index is 0.103. The van der Waals surface area contributed by atoms with E-state index < -0.39 is 15.1 Å². The molecule has 3 N–H and O–H groups in total. The number of thiophene rings is 1. The number of rotatable bonds is 10. The number of aromatic nitrogens is 2. The monoisotopic (exact) mass is 625 g/mol. The number of benzene rings is 1. The number of hydrogen-bond donors (Lipinski definition) is 3. The third-order valence-electron chi connectivity index (χ3n) is 6.66. The molecule has 0 spiro atoms. The van der Waals surface area contributed by atoms with Gasteiger partial charge in [-0.15, -0.1) is 11.3 Å². The number of sulfone groups is 1. The van der Waals surface area contributed by atoms with Crippen LogP contribution >= 0.6 is 34.5 Å². The van der Waals surface area contributed by atoms with E-state index in [1.54, 1.807) is 43.5 Å². The Hall–Kier alpha value is -2.48. The first-order valence-electron chi connectivity index (χ1n) is 12.8. The smallest absolute Gasteiger partial charge is 0.238 e. The lowest BCUT2D eigenvalue weighted by Crippen LogP contribution is -2.44. The largest absolute Gasteiger partial charge is 0.337 e. The first-order chi connectivity index (χ1) is 18.9. The van der Waals surface area contributed by atoms with Gasteiger partial charge in [0.25, 0.3) is 0 Å². The van der Waals surface area contributed by atoms with Gasteiger partial charge in [0.05, 0.1) is 34.4 Å². The molecule has 216 valence electrons. The summed E-state index contributed by atoms with van der Waals surface area (Å²) in [6, 6.07) is 7.32. The quantitative estimate of drug-likeness (QED) is 0.269. The normalized spacial score (nSPS) is 15.0. The molecule has 0 atom stereocenters. The zero-order valence-electron chi connectivity index (χ0n) is 22.7. The Morgan fingerprint density at radius 1 is 1.12 bits per heavy atom. The van der Waals surface area contributed by atoms with Gasteiger partial charge in [0, 0.05) is 24.8 Å². The van der Waals surface area contributed by atoms with E-state index in [2.05, 4.69) is 49.8 Å². The van der Waals surface area contributed by atoms with E-state index in [4.69, 9.17) is 23.2 Å². The van der Waals surface area contributed by atoms with Gasteiger partial charge < -0.3 is 20.9 Å². The summed E-state index contributed by atoms with van der Waals surface area (Å²) in [7, 11) is 0.683. The molecule has 1 aromatic carbocycles. The van der Waals surface area contributed by atoms with Crippen LogP contribution in [-0.2, 0) is 14.6 Å². The number of likely N-dealkylation sites (tertiary alicyclic amines) is 1. The van der Waals surface area contributed by atoms with Crippen molar-refractivity contribution in [1.82, 2.24) is 19.8 Å². The molecule has 4 rings (SSSR count). The molecule has 3 aromatic rings. The molecule has 40 heavy (non-hydrogen) atoms. The van der Waals surface area contributed by atoms with Crippen LogP contribution < -0.4 is 16.0 Å². The molecule has 2 aromatic heterocycles. The van der Waals surface area contributed by atoms with Crippen LogP contribution in [-0.4, -0.2) is 79.1 Å². The SMILES string of the molecule is CC(C)S(=O)(=O)c1sccc1Nc1nc(Nc2cc(NC(=O)CN3CCC(N(C)C)CC3)ccc2Cl)ncc1Cl. The number of nitrogens with one attached hydrogen (secondary N) is 3. The Bertz CT molecular complexity index is 1460. The van der Waals surface area contributed by atoms with Gasteiger partial charge in [0.2, 0.25) is 11.9 Å². The Labute approximate surface area is 249 Å². The third kappa shape index (κ3) is 7.42. The molecule has 0 saturated carbocycles. The fourth-order valence-corrected chi connectivity index (χ4v) is 7.29. The number of anilines is 5. The number of carbonyl (C=O) groups is 1. The van der Waals surface area contributed by atoms with Crippen LogP contribution in [0, 0.1) is 0 Å². The van der Waals surface area contributed by atoms with Gasteiger partial charge in [-0.1, -0.05) is 23.2 Å². The molecule has 14 heteroatoms. The number of hydrogen-bond acceptors (Lipinski definition) is 10. The van der Waals surface area contributed by atoms with Gasteiger partial charge in [-0.05, 0) is 70.4 Å². The van der Waals surface area contributed by atoms with Crippen molar-refractivity contribution in [3.63, 3.8) is 0 Å². The third-order valence-corrected chi connectivity index (χ3v) is 10.9. The van der Waals surface area contributed by atoms with Gasteiger partial charge in [0.15, 0.2) is 15.7 Å². The van der Waals surface area contributed by atoms with Gasteiger partial charge >= 0.3 is 0 Å². The zero-order chi connectivity index (χ0) is 29.0. The summed E-state index contributed by atoms with van der Waals surface area (Å²) in [6.07, 6.45) is 3.48. The predicted octanol–water partition coefficient (Wildman–Crippen LogP) is 5.48. The highest BCUT2D eigenvalue weighted by Crippen LogP contribution is 2.35. The molecule has 10 nitrogen and oxygen atoms in total. The lowest BCUT2D eigenvalue weighted by Gasteiger charge is -2.34. The topological polar surface area (TPSA) is 120 Å². The molecule has 1 aliphatic rings. The number of piperidine rings is 1. The maximum absolute atomic E-state index is 12.7. The number of carbonyl (C=O) groups excluding carboxylic acids is 1. The highest BCUT2D eigenvalue weighted by molar-refractivity contribution is 7.94. The van der Waals surface area contributed by atoms with Crippen LogP contribution in [0.2, 0.25) is 10.0 Å². The summed E-state index contributed by atoms with van der Waals surface area (Å²) in [5.74, 6) is 0.314. The lowest BCUT2D eigenvalue weighted by molar-refractivity contribution is -0.117. The van der Waals surface area contributed by atoms with E-state index in [0.29, 0.717) is 34.7 Å². The summed E-state index contributed by atoms with van der Waals surface area (Å²) in [5.41, 5.74) is 1.45. The van der Waals surface area contributed by atoms with Gasteiger partial charge in [-0.2, -0.15) is 4.98 Å². The molecule has 0 radical (unpaired) electrons. The van der Waals surface area contributed by atoms with Crippen molar-refractivity contribution in [3.8, 4) is 0 Å². The van der Waals surface area contributed by atoms with E-state index in [-0.39, 0.29) is 26.9 Å². The average molecular weight is 627 g/mol. The van der Waals surface area contributed by atoms with Crippen molar-refractivity contribution in [2.75, 3.05) is 49.7 Å². The van der Waals surface area contributed by atoms with E-state index in [1.165, 1.54) is 6.20 Å². The first-order valence-corrected chi connectivity index (χ1v) is 16.0. The molecule has 0 unspecified atom stereocenters. The molecule has 0 bridgehead atoms. The second kappa shape index (κ2) is 13.0. The Morgan fingerprint density at radius 3 is 2.52 bits per heavy atom. The summed E-state index contributed by atoms with van der Waals surface area (Å²) in [6.45, 7) is 5.34. The molecule has 1 fully saturated rings. The van der Waals surface area contributed by atoms with Crippen LogP contribution in [0.15, 0.2) is 40.1 Å². The van der Waals surface area contributed by atoms with Gasteiger partial charge in [-0.3, -0.25) is 9.69 Å². The lowest BCUT2D eigenvalue weighted by atomic mass is 10.0. The molecular formula is C26H33Cl2N7O3S2. The van der Waals surface area contributed by atoms with Crippen molar-refractivity contribution in [3.05, 3.63) is 45.9 Å². The Morgan fingerprint density at radius 2 is 1.85 bits per heavy atom. The maximum Gasteiger partial charge on any atom is 0.238 e. The van der Waals surface area contributed by atoms with Crippen LogP contribution in [0.3, 0.4) is 0 Å². The van der Waals surface area contributed by atoms with Crippen LogP contribution in [0.25, 0.3) is 0 Å². The maximum atomic E-state index is 12.7. The van der Waals surface area contributed by atoms with Crippen LogP contribution in [0.5, 0.6) is 0 Å². The number of nitrogens with zero attached hydrogens (tertiary/aromatic N) is 4. The van der Waals surface area contributed by atoms with Gasteiger partial charge in [-0.25, -0.2) is 13.4 Å². The second-order valence-corrected chi connectivity index (χ2v) is 14.5. The molecule has 1 amide bonds. The standard InChI is InChI=1S/C26H33Cl2N7O3S2/c1-16(2)40(37,38)25-21(9-12-39-25)31-24-20(28)14-29-26(33-24)32-22-13-17(5-6-19(22)27)30-23(36)15-35-10-7-18(8-11-35)34(3)4/h5-6,9,12-14,16,18H,7-8,10-11,15H2,1-4H3,(H,30,36)(H2,29,31,32,33). The minimum atomic E-state index is -3.49. The average Bonchev–Trinajstić information content (AvgIpc) is 3.37. The van der Waals surface area contributed by atoms with Crippen molar-refractivity contribution in [2.24, 2.45) is 0 Å². The van der Waals surface area contributed by atoms with E-state index >= 15 is 0 Å². The predicted molar refractivity (Wildman–Crippen MR) is 163 cm³/mol. The molecule has 1 saturated heterocycles. The number of amides is 1. The fourth-order valence-electron chi connectivity index (χ4n) is 4.28. The van der Waals surface area contributed by atoms with Crippen molar-refractivity contribution >= 4 is 79.1 Å². The van der Waals surface area contributed by atoms with E-state index in [0.717, 1.165) is 37.3 Å². The molecule has 1 aliphatic heterocycles. The van der Waals surface area contributed by atoms with Crippen molar-refractivity contribution in [1.29, 1.82) is 0 Å². The molecule has 3 heterocycles. The highest BCUT2D eigenvalue weighted by Gasteiger charge is 2.25. The summed E-state index contributed by atoms with van der Waals surface area (Å²) in [5, 5.41) is 10.7. The summed E-state index contributed by atoms with van der Waals surface area (Å²) in [4.78, 5) is 25.8. The van der Waals surface area contributed by atoms with Gasteiger partial charge in [0.1, 0.15) is 9.23 Å². The highest BCUT2D eigenvalue weighted by atomic mass is 35.5. The van der Waals surface area contributed by atoms with E-state index in [1.807, 2.05) is 0 Å². The van der Waals surface area contributed by atoms with Crippen LogP contribution in [0.1, 0.15) is 26.7 Å². The first kappa shape index (κ1) is 30.5. The van der Waals surface area contributed by atoms with Crippen molar-refractivity contribution < 1.29 is 13.2 Å². The van der Waals surface area contributed by atoms with Crippen molar-refractivity contribution in [2.45, 2.75) is 42.2 Å². The molecular weight excluding hydrogens is 593 g/mol. The zero-order valence-corrected chi connectivity index (χ0v) is 25.9. The summed E-state index contributed by atoms with van der Waals surface area (Å²) >= 11 is 13.9. The summed E-state index contributed by atoms with van der Waals surface area (Å²) < 4.78 is 25.7. The molecule has 0 aliphatic carbocycles. The van der Waals surface area contributed by atoms with E-state index in [9.17, 15) is 13.2 Å². The Balaban J connectivity index is 1.44. The minimum Gasteiger partial charge on any atom is -0.337 e. The number of halogens is 2. The fraction of sp³-hybridized carbons (Fsp3) is 0.423. The second-order valence-electron chi connectivity index (χ2n) is 10.1.